The fourth-order valence-electron chi connectivity index (χ4n) is 1.77. The minimum absolute atomic E-state index is 0.146. The van der Waals surface area contributed by atoms with Crippen LogP contribution in [0, 0.1) is 0 Å². The smallest absolute Gasteiger partial charge is 0.238 e. The maximum absolute atomic E-state index is 11.7. The number of carbonyl (C=O) groups is 1. The summed E-state index contributed by atoms with van der Waals surface area (Å²) in [5.41, 5.74) is 0. The van der Waals surface area contributed by atoms with E-state index in [-0.39, 0.29) is 12.5 Å². The van der Waals surface area contributed by atoms with Gasteiger partial charge in [-0.25, -0.2) is 8.42 Å². The van der Waals surface area contributed by atoms with Crippen LogP contribution >= 0.6 is 0 Å². The third-order valence-corrected chi connectivity index (χ3v) is 3.79. The average Bonchev–Trinajstić information content (AvgIpc) is 2.61. The SMILES string of the molecule is CC(O)CNC(=O)C1CCCN1S(C)(=O)=O. The Morgan fingerprint density at radius 3 is 2.75 bits per heavy atom. The first-order chi connectivity index (χ1) is 7.32. The molecule has 1 fully saturated rings. The molecule has 1 saturated heterocycles. The summed E-state index contributed by atoms with van der Waals surface area (Å²) in [6.07, 6.45) is 1.71. The van der Waals surface area contributed by atoms with Crippen LogP contribution < -0.4 is 5.32 Å². The molecule has 0 aromatic heterocycles. The minimum Gasteiger partial charge on any atom is -0.392 e. The molecule has 94 valence electrons. The third-order valence-electron chi connectivity index (χ3n) is 2.50. The van der Waals surface area contributed by atoms with E-state index in [1.165, 1.54) is 4.31 Å². The van der Waals surface area contributed by atoms with Crippen molar-refractivity contribution < 1.29 is 18.3 Å². The van der Waals surface area contributed by atoms with Crippen LogP contribution in [-0.2, 0) is 14.8 Å². The van der Waals surface area contributed by atoms with Crippen LogP contribution in [0.5, 0.6) is 0 Å². The monoisotopic (exact) mass is 250 g/mol. The number of aliphatic hydroxyl groups is 1. The Balaban J connectivity index is 2.62. The predicted molar refractivity (Wildman–Crippen MR) is 59.3 cm³/mol. The molecule has 7 heteroatoms. The summed E-state index contributed by atoms with van der Waals surface area (Å²) in [5.74, 6) is -0.330. The van der Waals surface area contributed by atoms with Crippen LogP contribution in [0.4, 0.5) is 0 Å². The summed E-state index contributed by atoms with van der Waals surface area (Å²) in [6, 6.07) is -0.617. The molecular weight excluding hydrogens is 232 g/mol. The number of carbonyl (C=O) groups excluding carboxylic acids is 1. The van der Waals surface area contributed by atoms with Crippen molar-refractivity contribution >= 4 is 15.9 Å². The third kappa shape index (κ3) is 3.43. The predicted octanol–water partition coefficient (Wildman–Crippen LogP) is -1.09. The molecule has 0 bridgehead atoms. The van der Waals surface area contributed by atoms with Gasteiger partial charge in [0.15, 0.2) is 0 Å². The van der Waals surface area contributed by atoms with Crippen LogP contribution in [0.2, 0.25) is 0 Å². The summed E-state index contributed by atoms with van der Waals surface area (Å²) in [7, 11) is -3.33. The first-order valence-electron chi connectivity index (χ1n) is 5.25. The molecule has 1 aliphatic rings. The number of sulfonamides is 1. The van der Waals surface area contributed by atoms with Gasteiger partial charge in [-0.1, -0.05) is 0 Å². The van der Waals surface area contributed by atoms with E-state index in [9.17, 15) is 13.2 Å². The number of hydrogen-bond donors (Lipinski definition) is 2. The molecule has 0 saturated carbocycles. The Hall–Kier alpha value is -0.660. The molecule has 0 radical (unpaired) electrons. The fraction of sp³-hybridized carbons (Fsp3) is 0.889. The maximum Gasteiger partial charge on any atom is 0.238 e. The number of amides is 1. The molecule has 0 spiro atoms. The molecule has 6 nitrogen and oxygen atoms in total. The molecule has 1 amide bonds. The molecule has 0 aromatic rings. The lowest BCUT2D eigenvalue weighted by molar-refractivity contribution is -0.124. The lowest BCUT2D eigenvalue weighted by Gasteiger charge is -2.21. The van der Waals surface area contributed by atoms with Crippen molar-refractivity contribution in [1.82, 2.24) is 9.62 Å². The Labute approximate surface area is 95.7 Å². The fourth-order valence-corrected chi connectivity index (χ4v) is 2.89. The van der Waals surface area contributed by atoms with E-state index < -0.39 is 22.2 Å². The number of hydrogen-bond acceptors (Lipinski definition) is 4. The first-order valence-corrected chi connectivity index (χ1v) is 7.10. The van der Waals surface area contributed by atoms with Crippen LogP contribution in [0.25, 0.3) is 0 Å². The van der Waals surface area contributed by atoms with Gasteiger partial charge in [-0.05, 0) is 19.8 Å². The zero-order valence-corrected chi connectivity index (χ0v) is 10.3. The summed E-state index contributed by atoms with van der Waals surface area (Å²) >= 11 is 0. The number of aliphatic hydroxyl groups excluding tert-OH is 1. The van der Waals surface area contributed by atoms with Crippen molar-refractivity contribution in [3.63, 3.8) is 0 Å². The van der Waals surface area contributed by atoms with E-state index >= 15 is 0 Å². The molecule has 2 N–H and O–H groups in total. The molecule has 1 rings (SSSR count). The Bertz CT molecular complexity index is 353. The number of nitrogens with zero attached hydrogens (tertiary/aromatic N) is 1. The quantitative estimate of drug-likeness (QED) is 0.663. The van der Waals surface area contributed by atoms with Crippen LogP contribution in [0.15, 0.2) is 0 Å². The lowest BCUT2D eigenvalue weighted by Crippen LogP contribution is -2.46. The van der Waals surface area contributed by atoms with E-state index in [0.29, 0.717) is 19.4 Å². The Morgan fingerprint density at radius 1 is 1.62 bits per heavy atom. The largest absolute Gasteiger partial charge is 0.392 e. The van der Waals surface area contributed by atoms with Crippen molar-refractivity contribution in [1.29, 1.82) is 0 Å². The second-order valence-electron chi connectivity index (χ2n) is 4.13. The second-order valence-corrected chi connectivity index (χ2v) is 6.06. The molecule has 0 aromatic carbocycles. The lowest BCUT2D eigenvalue weighted by atomic mass is 10.2. The Kier molecular flexibility index (Phi) is 4.28. The standard InChI is InChI=1S/C9H18N2O4S/c1-7(12)6-10-9(13)8-4-3-5-11(8)16(2,14)15/h7-8,12H,3-6H2,1-2H3,(H,10,13). The zero-order chi connectivity index (χ0) is 12.3. The van der Waals surface area contributed by atoms with Gasteiger partial charge in [-0.15, -0.1) is 0 Å². The van der Waals surface area contributed by atoms with Gasteiger partial charge in [0.2, 0.25) is 15.9 Å². The van der Waals surface area contributed by atoms with Crippen molar-refractivity contribution in [2.45, 2.75) is 31.9 Å². The van der Waals surface area contributed by atoms with Gasteiger partial charge in [-0.3, -0.25) is 4.79 Å². The molecular formula is C9H18N2O4S. The Morgan fingerprint density at radius 2 is 2.25 bits per heavy atom. The molecule has 16 heavy (non-hydrogen) atoms. The first kappa shape index (κ1) is 13.4. The van der Waals surface area contributed by atoms with Gasteiger partial charge >= 0.3 is 0 Å². The van der Waals surface area contributed by atoms with Gasteiger partial charge in [0.25, 0.3) is 0 Å². The van der Waals surface area contributed by atoms with Gasteiger partial charge < -0.3 is 10.4 Å². The van der Waals surface area contributed by atoms with Crippen molar-refractivity contribution in [2.24, 2.45) is 0 Å². The summed E-state index contributed by atoms with van der Waals surface area (Å²) < 4.78 is 24.0. The topological polar surface area (TPSA) is 86.7 Å². The molecule has 2 atom stereocenters. The van der Waals surface area contributed by atoms with Gasteiger partial charge in [0.1, 0.15) is 6.04 Å². The minimum atomic E-state index is -3.33. The van der Waals surface area contributed by atoms with Gasteiger partial charge in [0.05, 0.1) is 12.4 Å². The highest BCUT2D eigenvalue weighted by molar-refractivity contribution is 7.88. The molecule has 0 aliphatic carbocycles. The van der Waals surface area contributed by atoms with E-state index in [2.05, 4.69) is 5.32 Å². The highest BCUT2D eigenvalue weighted by Gasteiger charge is 2.36. The average molecular weight is 250 g/mol. The van der Waals surface area contributed by atoms with E-state index in [1.54, 1.807) is 6.92 Å². The zero-order valence-electron chi connectivity index (χ0n) is 9.51. The number of rotatable bonds is 4. The van der Waals surface area contributed by atoms with Crippen molar-refractivity contribution in [3.05, 3.63) is 0 Å². The molecule has 1 heterocycles. The maximum atomic E-state index is 11.7. The normalized spacial score (nSPS) is 24.3. The van der Waals surface area contributed by atoms with Crippen LogP contribution in [0.3, 0.4) is 0 Å². The van der Waals surface area contributed by atoms with Gasteiger partial charge in [-0.2, -0.15) is 4.31 Å². The van der Waals surface area contributed by atoms with Gasteiger partial charge in [0, 0.05) is 13.1 Å². The van der Waals surface area contributed by atoms with E-state index in [1.807, 2.05) is 0 Å². The molecule has 1 aliphatic heterocycles. The highest BCUT2D eigenvalue weighted by atomic mass is 32.2. The van der Waals surface area contributed by atoms with E-state index in [0.717, 1.165) is 6.26 Å². The van der Waals surface area contributed by atoms with Crippen LogP contribution in [-0.4, -0.2) is 55.2 Å². The highest BCUT2D eigenvalue weighted by Crippen LogP contribution is 2.20. The molecule has 2 unspecified atom stereocenters. The van der Waals surface area contributed by atoms with E-state index in [4.69, 9.17) is 5.11 Å². The van der Waals surface area contributed by atoms with Crippen LogP contribution in [0.1, 0.15) is 19.8 Å². The number of nitrogens with one attached hydrogen (secondary N) is 1. The summed E-state index contributed by atoms with van der Waals surface area (Å²) in [4.78, 5) is 11.7. The second kappa shape index (κ2) is 5.11. The summed E-state index contributed by atoms with van der Waals surface area (Å²) in [5, 5.41) is 11.6. The summed E-state index contributed by atoms with van der Waals surface area (Å²) in [6.45, 7) is 2.10. The van der Waals surface area contributed by atoms with Crippen molar-refractivity contribution in [3.8, 4) is 0 Å². The van der Waals surface area contributed by atoms with Crippen molar-refractivity contribution in [2.75, 3.05) is 19.3 Å².